The standard InChI is InChI=1S/C13H17FN2O2/c14-9-5-1-2-6-10(9)15-13(18)16-11-7-3-4-8-12(11)17/h1-2,5-6,11-12,17H,3-4,7-8H2,(H2,15,16,18)/t11-,12-/m0/s1. The molecule has 1 aliphatic carbocycles. The Morgan fingerprint density at radius 2 is 2.00 bits per heavy atom. The van der Waals surface area contributed by atoms with E-state index >= 15 is 0 Å². The first-order valence-electron chi connectivity index (χ1n) is 6.17. The first-order chi connectivity index (χ1) is 8.66. The third kappa shape index (κ3) is 3.20. The summed E-state index contributed by atoms with van der Waals surface area (Å²) < 4.78 is 13.3. The molecule has 1 saturated carbocycles. The summed E-state index contributed by atoms with van der Waals surface area (Å²) in [6.45, 7) is 0. The van der Waals surface area contributed by atoms with E-state index in [4.69, 9.17) is 0 Å². The highest BCUT2D eigenvalue weighted by molar-refractivity contribution is 5.89. The van der Waals surface area contributed by atoms with Gasteiger partial charge in [-0.3, -0.25) is 0 Å². The zero-order chi connectivity index (χ0) is 13.0. The fourth-order valence-corrected chi connectivity index (χ4v) is 2.17. The molecule has 0 aliphatic heterocycles. The van der Waals surface area contributed by atoms with E-state index < -0.39 is 18.0 Å². The first kappa shape index (κ1) is 12.8. The number of aliphatic hydroxyl groups is 1. The number of carbonyl (C=O) groups excluding carboxylic acids is 1. The summed E-state index contributed by atoms with van der Waals surface area (Å²) in [6.07, 6.45) is 2.91. The van der Waals surface area contributed by atoms with E-state index in [0.717, 1.165) is 19.3 Å². The van der Waals surface area contributed by atoms with Crippen molar-refractivity contribution in [2.45, 2.75) is 37.8 Å². The zero-order valence-electron chi connectivity index (χ0n) is 10.0. The van der Waals surface area contributed by atoms with Crippen molar-refractivity contribution >= 4 is 11.7 Å². The maximum Gasteiger partial charge on any atom is 0.319 e. The lowest BCUT2D eigenvalue weighted by atomic mass is 9.93. The summed E-state index contributed by atoms with van der Waals surface area (Å²) in [7, 11) is 0. The van der Waals surface area contributed by atoms with Crippen molar-refractivity contribution in [2.75, 3.05) is 5.32 Å². The Morgan fingerprint density at radius 1 is 1.28 bits per heavy atom. The van der Waals surface area contributed by atoms with E-state index in [2.05, 4.69) is 10.6 Å². The Labute approximate surface area is 105 Å². The van der Waals surface area contributed by atoms with Gasteiger partial charge in [0.1, 0.15) is 5.82 Å². The number of para-hydroxylation sites is 1. The van der Waals surface area contributed by atoms with Crippen molar-refractivity contribution in [3.63, 3.8) is 0 Å². The maximum atomic E-state index is 13.3. The Morgan fingerprint density at radius 3 is 2.72 bits per heavy atom. The van der Waals surface area contributed by atoms with Crippen LogP contribution in [0.4, 0.5) is 14.9 Å². The third-order valence-electron chi connectivity index (χ3n) is 3.17. The molecule has 1 aromatic carbocycles. The second kappa shape index (κ2) is 5.82. The summed E-state index contributed by atoms with van der Waals surface area (Å²) in [5.74, 6) is -0.475. The number of hydrogen-bond donors (Lipinski definition) is 3. The number of amides is 2. The number of carbonyl (C=O) groups is 1. The monoisotopic (exact) mass is 252 g/mol. The van der Waals surface area contributed by atoms with Crippen LogP contribution < -0.4 is 10.6 Å². The fraction of sp³-hybridized carbons (Fsp3) is 0.462. The Kier molecular flexibility index (Phi) is 4.15. The molecule has 5 heteroatoms. The van der Waals surface area contributed by atoms with Crippen molar-refractivity contribution < 1.29 is 14.3 Å². The topological polar surface area (TPSA) is 61.4 Å². The third-order valence-corrected chi connectivity index (χ3v) is 3.17. The molecule has 2 amide bonds. The van der Waals surface area contributed by atoms with Crippen LogP contribution >= 0.6 is 0 Å². The molecule has 1 fully saturated rings. The molecular formula is C13H17FN2O2. The number of anilines is 1. The lowest BCUT2D eigenvalue weighted by Crippen LogP contribution is -2.46. The zero-order valence-corrected chi connectivity index (χ0v) is 10.0. The fourth-order valence-electron chi connectivity index (χ4n) is 2.17. The second-order valence-corrected chi connectivity index (χ2v) is 4.54. The minimum atomic E-state index is -0.509. The van der Waals surface area contributed by atoms with Crippen LogP contribution in [-0.4, -0.2) is 23.3 Å². The molecule has 0 heterocycles. The number of hydrogen-bond acceptors (Lipinski definition) is 2. The Bertz CT molecular complexity index is 425. The largest absolute Gasteiger partial charge is 0.391 e. The van der Waals surface area contributed by atoms with E-state index in [1.165, 1.54) is 12.1 Å². The molecule has 0 radical (unpaired) electrons. The number of aliphatic hydroxyl groups excluding tert-OH is 1. The molecule has 2 rings (SSSR count). The predicted octanol–water partition coefficient (Wildman–Crippen LogP) is 2.25. The summed E-state index contributed by atoms with van der Waals surface area (Å²) in [6, 6.07) is 5.26. The van der Waals surface area contributed by atoms with E-state index in [0.29, 0.717) is 6.42 Å². The molecule has 2 atom stereocenters. The highest BCUT2D eigenvalue weighted by Crippen LogP contribution is 2.18. The van der Waals surface area contributed by atoms with Gasteiger partial charge in [-0.1, -0.05) is 25.0 Å². The number of rotatable bonds is 2. The minimum absolute atomic E-state index is 0.139. The van der Waals surface area contributed by atoms with Crippen molar-refractivity contribution in [3.8, 4) is 0 Å². The molecule has 0 saturated heterocycles. The average molecular weight is 252 g/mol. The van der Waals surface area contributed by atoms with Crippen molar-refractivity contribution in [1.82, 2.24) is 5.32 Å². The van der Waals surface area contributed by atoms with E-state index in [1.807, 2.05) is 0 Å². The molecule has 3 N–H and O–H groups in total. The molecule has 0 unspecified atom stereocenters. The maximum absolute atomic E-state index is 13.3. The van der Waals surface area contributed by atoms with Crippen LogP contribution in [0, 0.1) is 5.82 Å². The summed E-state index contributed by atoms with van der Waals surface area (Å²) in [5, 5.41) is 14.8. The molecule has 1 aliphatic rings. The van der Waals surface area contributed by atoms with Gasteiger partial charge in [-0.25, -0.2) is 9.18 Å². The lowest BCUT2D eigenvalue weighted by molar-refractivity contribution is 0.0955. The van der Waals surface area contributed by atoms with Gasteiger partial charge in [0, 0.05) is 0 Å². The van der Waals surface area contributed by atoms with Gasteiger partial charge in [0.2, 0.25) is 0 Å². The molecule has 18 heavy (non-hydrogen) atoms. The van der Waals surface area contributed by atoms with Crippen LogP contribution in [0.3, 0.4) is 0 Å². The molecular weight excluding hydrogens is 235 g/mol. The molecule has 98 valence electrons. The SMILES string of the molecule is O=C(Nc1ccccc1F)N[C@H]1CCCC[C@@H]1O. The van der Waals surface area contributed by atoms with E-state index in [1.54, 1.807) is 12.1 Å². The Balaban J connectivity index is 1.90. The van der Waals surface area contributed by atoms with Gasteiger partial charge in [0.15, 0.2) is 0 Å². The lowest BCUT2D eigenvalue weighted by Gasteiger charge is -2.28. The van der Waals surface area contributed by atoms with E-state index in [9.17, 15) is 14.3 Å². The van der Waals surface area contributed by atoms with Crippen molar-refractivity contribution in [2.24, 2.45) is 0 Å². The van der Waals surface area contributed by atoms with Crippen LogP contribution in [0.5, 0.6) is 0 Å². The van der Waals surface area contributed by atoms with Crippen LogP contribution in [0.15, 0.2) is 24.3 Å². The highest BCUT2D eigenvalue weighted by Gasteiger charge is 2.24. The van der Waals surface area contributed by atoms with Crippen LogP contribution in [0.1, 0.15) is 25.7 Å². The van der Waals surface area contributed by atoms with Crippen LogP contribution in [0.25, 0.3) is 0 Å². The minimum Gasteiger partial charge on any atom is -0.391 e. The van der Waals surface area contributed by atoms with Crippen molar-refractivity contribution in [3.05, 3.63) is 30.1 Å². The van der Waals surface area contributed by atoms with Gasteiger partial charge in [-0.05, 0) is 25.0 Å². The first-order valence-corrected chi connectivity index (χ1v) is 6.17. The smallest absolute Gasteiger partial charge is 0.319 e. The molecule has 0 bridgehead atoms. The number of benzene rings is 1. The van der Waals surface area contributed by atoms with E-state index in [-0.39, 0.29) is 11.7 Å². The van der Waals surface area contributed by atoms with Crippen LogP contribution in [-0.2, 0) is 0 Å². The van der Waals surface area contributed by atoms with Gasteiger partial charge in [0.05, 0.1) is 17.8 Å². The number of nitrogens with one attached hydrogen (secondary N) is 2. The molecule has 4 nitrogen and oxygen atoms in total. The second-order valence-electron chi connectivity index (χ2n) is 4.54. The average Bonchev–Trinajstić information content (AvgIpc) is 2.35. The number of halogens is 1. The molecule has 1 aromatic rings. The summed E-state index contributed by atoms with van der Waals surface area (Å²) in [5.41, 5.74) is 0.139. The number of urea groups is 1. The highest BCUT2D eigenvalue weighted by atomic mass is 19.1. The predicted molar refractivity (Wildman–Crippen MR) is 66.8 cm³/mol. The van der Waals surface area contributed by atoms with Gasteiger partial charge >= 0.3 is 6.03 Å². The Hall–Kier alpha value is -1.62. The van der Waals surface area contributed by atoms with Crippen molar-refractivity contribution in [1.29, 1.82) is 0 Å². The quantitative estimate of drug-likeness (QED) is 0.756. The molecule has 0 spiro atoms. The van der Waals surface area contributed by atoms with Gasteiger partial charge in [-0.15, -0.1) is 0 Å². The van der Waals surface area contributed by atoms with Crippen LogP contribution in [0.2, 0.25) is 0 Å². The van der Waals surface area contributed by atoms with Gasteiger partial charge in [-0.2, -0.15) is 0 Å². The van der Waals surface area contributed by atoms with Gasteiger partial charge < -0.3 is 15.7 Å². The molecule has 0 aromatic heterocycles. The normalized spacial score (nSPS) is 23.4. The summed E-state index contributed by atoms with van der Waals surface area (Å²) in [4.78, 5) is 11.7. The van der Waals surface area contributed by atoms with Gasteiger partial charge in [0.25, 0.3) is 0 Å². The summed E-state index contributed by atoms with van der Waals surface area (Å²) >= 11 is 0.